The number of nitrogens with zero attached hydrogens (tertiary/aromatic N) is 2. The molecule has 31 heavy (non-hydrogen) atoms. The molecule has 1 saturated heterocycles. The zero-order chi connectivity index (χ0) is 22.4. The van der Waals surface area contributed by atoms with Crippen LogP contribution in [0, 0.1) is 10.1 Å². The summed E-state index contributed by atoms with van der Waals surface area (Å²) in [5.74, 6) is 0.522. The van der Waals surface area contributed by atoms with Crippen molar-refractivity contribution < 1.29 is 28.8 Å². The number of hydrogen-bond acceptors (Lipinski definition) is 8. The first-order chi connectivity index (χ1) is 14.8. The summed E-state index contributed by atoms with van der Waals surface area (Å²) in [6, 6.07) is 12.4. The number of thioether (sulfide) groups is 1. The highest BCUT2D eigenvalue weighted by Gasteiger charge is 2.31. The van der Waals surface area contributed by atoms with Crippen LogP contribution in [0.5, 0.6) is 11.5 Å². The molecule has 3 rings (SSSR count). The molecule has 1 N–H and O–H groups in total. The number of imide groups is 1. The lowest BCUT2D eigenvalue weighted by molar-refractivity contribution is -0.384. The summed E-state index contributed by atoms with van der Waals surface area (Å²) in [7, 11) is 1.55. The number of non-ortho nitro benzene ring substituents is 1. The second-order valence-corrected chi connectivity index (χ2v) is 7.80. The molecule has 10 nitrogen and oxygen atoms in total. The molecule has 0 bridgehead atoms. The first-order valence-electron chi connectivity index (χ1n) is 9.22. The molecule has 1 aliphatic rings. The SMILES string of the molecule is CN(CCOc1ccc(CC2SC(=O)NC2=O)cc1)C(=O)Oc1ccc([N+](=O)[O-])cc1. The molecule has 0 radical (unpaired) electrons. The highest BCUT2D eigenvalue weighted by molar-refractivity contribution is 8.15. The monoisotopic (exact) mass is 445 g/mol. The number of nitro groups is 1. The number of nitrogens with one attached hydrogen (secondary N) is 1. The van der Waals surface area contributed by atoms with Crippen molar-refractivity contribution in [2.24, 2.45) is 0 Å². The highest BCUT2D eigenvalue weighted by atomic mass is 32.2. The molecule has 1 atom stereocenters. The van der Waals surface area contributed by atoms with Crippen LogP contribution >= 0.6 is 11.8 Å². The third kappa shape index (κ3) is 6.19. The van der Waals surface area contributed by atoms with Crippen LogP contribution in [0.4, 0.5) is 15.3 Å². The van der Waals surface area contributed by atoms with E-state index in [0.717, 1.165) is 17.3 Å². The molecule has 1 unspecified atom stereocenters. The van der Waals surface area contributed by atoms with Gasteiger partial charge < -0.3 is 14.4 Å². The van der Waals surface area contributed by atoms with E-state index >= 15 is 0 Å². The highest BCUT2D eigenvalue weighted by Crippen LogP contribution is 2.24. The van der Waals surface area contributed by atoms with E-state index in [4.69, 9.17) is 9.47 Å². The molecule has 162 valence electrons. The summed E-state index contributed by atoms with van der Waals surface area (Å²) in [4.78, 5) is 46.4. The average Bonchev–Trinajstić information content (AvgIpc) is 3.06. The van der Waals surface area contributed by atoms with E-state index in [1.165, 1.54) is 29.2 Å². The topological polar surface area (TPSA) is 128 Å². The fourth-order valence-electron chi connectivity index (χ4n) is 2.67. The number of rotatable bonds is 8. The fraction of sp³-hybridized carbons (Fsp3) is 0.250. The molecule has 1 heterocycles. The molecule has 0 aliphatic carbocycles. The normalized spacial score (nSPS) is 15.3. The van der Waals surface area contributed by atoms with Gasteiger partial charge in [0.15, 0.2) is 0 Å². The summed E-state index contributed by atoms with van der Waals surface area (Å²) >= 11 is 0.985. The van der Waals surface area contributed by atoms with Gasteiger partial charge in [-0.1, -0.05) is 23.9 Å². The van der Waals surface area contributed by atoms with Gasteiger partial charge in [-0.05, 0) is 36.2 Å². The van der Waals surface area contributed by atoms with Crippen LogP contribution in [-0.4, -0.2) is 52.5 Å². The van der Waals surface area contributed by atoms with Crippen molar-refractivity contribution in [2.75, 3.05) is 20.2 Å². The Kier molecular flexibility index (Phi) is 7.08. The summed E-state index contributed by atoms with van der Waals surface area (Å²) in [6.07, 6.45) is -0.172. The maximum atomic E-state index is 12.1. The second-order valence-electron chi connectivity index (χ2n) is 6.62. The summed E-state index contributed by atoms with van der Waals surface area (Å²) < 4.78 is 10.8. The minimum absolute atomic E-state index is 0.0914. The van der Waals surface area contributed by atoms with Gasteiger partial charge in [0.25, 0.3) is 10.9 Å². The van der Waals surface area contributed by atoms with Crippen molar-refractivity contribution in [1.29, 1.82) is 0 Å². The standard InChI is InChI=1S/C20H19N3O7S/c1-22(20(26)30-16-8-4-14(5-9-16)23(27)28)10-11-29-15-6-2-13(3-7-15)12-17-18(24)21-19(25)31-17/h2-9,17H,10-12H2,1H3,(H,21,24,25). The molecule has 1 aliphatic heterocycles. The van der Waals surface area contributed by atoms with E-state index < -0.39 is 16.3 Å². The van der Waals surface area contributed by atoms with Crippen molar-refractivity contribution in [3.05, 3.63) is 64.2 Å². The van der Waals surface area contributed by atoms with Gasteiger partial charge in [-0.2, -0.15) is 0 Å². The van der Waals surface area contributed by atoms with Crippen molar-refractivity contribution in [3.8, 4) is 11.5 Å². The molecule has 3 amide bonds. The molecule has 1 fully saturated rings. The zero-order valence-electron chi connectivity index (χ0n) is 16.5. The third-order valence-corrected chi connectivity index (χ3v) is 5.35. The van der Waals surface area contributed by atoms with E-state index in [9.17, 15) is 24.5 Å². The number of ether oxygens (including phenoxy) is 2. The quantitative estimate of drug-likeness (QED) is 0.485. The predicted molar refractivity (Wildman–Crippen MR) is 112 cm³/mol. The minimum atomic E-state index is -0.616. The lowest BCUT2D eigenvalue weighted by Gasteiger charge is -2.17. The first-order valence-corrected chi connectivity index (χ1v) is 10.1. The molecule has 11 heteroatoms. The number of nitro benzene ring substituents is 1. The lowest BCUT2D eigenvalue weighted by atomic mass is 10.1. The van der Waals surface area contributed by atoms with Crippen LogP contribution in [0.15, 0.2) is 48.5 Å². The number of hydrogen-bond donors (Lipinski definition) is 1. The van der Waals surface area contributed by atoms with Gasteiger partial charge in [0.2, 0.25) is 5.91 Å². The molecule has 2 aromatic rings. The fourth-order valence-corrected chi connectivity index (χ4v) is 3.53. The Bertz CT molecular complexity index is 979. The lowest BCUT2D eigenvalue weighted by Crippen LogP contribution is -2.33. The maximum Gasteiger partial charge on any atom is 0.415 e. The number of benzene rings is 2. The average molecular weight is 445 g/mol. The minimum Gasteiger partial charge on any atom is -0.492 e. The zero-order valence-corrected chi connectivity index (χ0v) is 17.3. The van der Waals surface area contributed by atoms with E-state index in [1.807, 2.05) is 12.1 Å². The van der Waals surface area contributed by atoms with Gasteiger partial charge in [0.05, 0.1) is 16.7 Å². The molecule has 0 aromatic heterocycles. The number of amides is 3. The smallest absolute Gasteiger partial charge is 0.415 e. The van der Waals surface area contributed by atoms with Gasteiger partial charge in [-0.3, -0.25) is 25.0 Å². The Morgan fingerprint density at radius 1 is 1.13 bits per heavy atom. The second kappa shape index (κ2) is 9.94. The van der Waals surface area contributed by atoms with Crippen LogP contribution in [0.2, 0.25) is 0 Å². The van der Waals surface area contributed by atoms with Crippen LogP contribution in [0.3, 0.4) is 0 Å². The molecule has 0 saturated carbocycles. The van der Waals surface area contributed by atoms with Gasteiger partial charge in [0, 0.05) is 19.2 Å². The molecular formula is C20H19N3O7S. The van der Waals surface area contributed by atoms with Gasteiger partial charge in [-0.25, -0.2) is 4.79 Å². The van der Waals surface area contributed by atoms with Crippen LogP contribution in [0.1, 0.15) is 5.56 Å². The molecule has 0 spiro atoms. The number of carbonyl (C=O) groups excluding carboxylic acids is 3. The van der Waals surface area contributed by atoms with E-state index in [2.05, 4.69) is 5.32 Å². The van der Waals surface area contributed by atoms with Gasteiger partial charge >= 0.3 is 6.09 Å². The Balaban J connectivity index is 1.41. The molecule has 2 aromatic carbocycles. The van der Waals surface area contributed by atoms with Gasteiger partial charge in [0.1, 0.15) is 18.1 Å². The van der Waals surface area contributed by atoms with Gasteiger partial charge in [-0.15, -0.1) is 0 Å². The van der Waals surface area contributed by atoms with Crippen molar-refractivity contribution in [3.63, 3.8) is 0 Å². The van der Waals surface area contributed by atoms with Crippen molar-refractivity contribution in [2.45, 2.75) is 11.7 Å². The largest absolute Gasteiger partial charge is 0.492 e. The Hall–Kier alpha value is -3.60. The molecular weight excluding hydrogens is 426 g/mol. The Morgan fingerprint density at radius 3 is 2.35 bits per heavy atom. The van der Waals surface area contributed by atoms with E-state index in [1.54, 1.807) is 19.2 Å². The first kappa shape index (κ1) is 22.1. The van der Waals surface area contributed by atoms with Crippen LogP contribution in [-0.2, 0) is 11.2 Å². The van der Waals surface area contributed by atoms with E-state index in [0.29, 0.717) is 12.2 Å². The van der Waals surface area contributed by atoms with Crippen molar-refractivity contribution >= 4 is 34.7 Å². The summed E-state index contributed by atoms with van der Waals surface area (Å²) in [5.41, 5.74) is 0.810. The van der Waals surface area contributed by atoms with E-state index in [-0.39, 0.29) is 35.7 Å². The summed E-state index contributed by atoms with van der Waals surface area (Å²) in [5, 5.41) is 12.2. The van der Waals surface area contributed by atoms with Crippen LogP contribution in [0.25, 0.3) is 0 Å². The maximum absolute atomic E-state index is 12.1. The number of likely N-dealkylation sites (N-methyl/N-ethyl adjacent to an activating group) is 1. The predicted octanol–water partition coefficient (Wildman–Crippen LogP) is 3.00. The summed E-state index contributed by atoms with van der Waals surface area (Å²) in [6.45, 7) is 0.481. The third-order valence-electron chi connectivity index (χ3n) is 4.37. The van der Waals surface area contributed by atoms with Crippen molar-refractivity contribution in [1.82, 2.24) is 10.2 Å². The Morgan fingerprint density at radius 2 is 1.77 bits per heavy atom. The number of carbonyl (C=O) groups is 3. The van der Waals surface area contributed by atoms with Crippen LogP contribution < -0.4 is 14.8 Å². The Labute approximate surface area is 181 Å².